The topological polar surface area (TPSA) is 61.5 Å². The number of H-pyrrole nitrogens is 1. The predicted octanol–water partition coefficient (Wildman–Crippen LogP) is 4.31. The Morgan fingerprint density at radius 3 is 2.68 bits per heavy atom. The molecule has 1 N–H and O–H groups in total. The molecule has 28 heavy (non-hydrogen) atoms. The van der Waals surface area contributed by atoms with E-state index < -0.39 is 0 Å². The standard InChI is InChI=1S/C22H24N4O2/c1-3-19-15-26(20-9-7-17(8-10-20)18-12-23-24-13-18)22(27)25(19)14-16-5-4-6-21(11-16)28-2/h4-13,19H,3,14-15H2,1-2H3,(H,23,24). The smallest absolute Gasteiger partial charge is 0.325 e. The van der Waals surface area contributed by atoms with Crippen LogP contribution in [0.25, 0.3) is 11.1 Å². The van der Waals surface area contributed by atoms with Crippen LogP contribution >= 0.6 is 0 Å². The molecule has 1 atom stereocenters. The van der Waals surface area contributed by atoms with Gasteiger partial charge in [0.05, 0.1) is 19.3 Å². The molecular weight excluding hydrogens is 352 g/mol. The van der Waals surface area contributed by atoms with Crippen molar-refractivity contribution in [3.8, 4) is 16.9 Å². The predicted molar refractivity (Wildman–Crippen MR) is 109 cm³/mol. The van der Waals surface area contributed by atoms with E-state index in [1.54, 1.807) is 13.3 Å². The first kappa shape index (κ1) is 18.1. The van der Waals surface area contributed by atoms with E-state index in [1.165, 1.54) is 0 Å². The van der Waals surface area contributed by atoms with E-state index in [4.69, 9.17) is 4.74 Å². The van der Waals surface area contributed by atoms with Crippen LogP contribution < -0.4 is 9.64 Å². The first-order valence-electron chi connectivity index (χ1n) is 9.50. The van der Waals surface area contributed by atoms with E-state index in [-0.39, 0.29) is 12.1 Å². The second kappa shape index (κ2) is 7.76. The van der Waals surface area contributed by atoms with Crippen molar-refractivity contribution in [3.05, 3.63) is 66.5 Å². The van der Waals surface area contributed by atoms with Gasteiger partial charge in [-0.25, -0.2) is 4.79 Å². The summed E-state index contributed by atoms with van der Waals surface area (Å²) in [5.41, 5.74) is 4.10. The molecule has 0 radical (unpaired) electrons. The Kier molecular flexibility index (Phi) is 5.02. The molecule has 1 aliphatic heterocycles. The van der Waals surface area contributed by atoms with Crippen molar-refractivity contribution in [1.29, 1.82) is 0 Å². The van der Waals surface area contributed by atoms with Crippen LogP contribution in [0.5, 0.6) is 5.75 Å². The van der Waals surface area contributed by atoms with Crippen LogP contribution in [0.4, 0.5) is 10.5 Å². The molecule has 3 aromatic rings. The zero-order chi connectivity index (χ0) is 19.5. The maximum atomic E-state index is 13.2. The Balaban J connectivity index is 1.54. The molecule has 1 aliphatic rings. The lowest BCUT2D eigenvalue weighted by Gasteiger charge is -2.22. The third-order valence-electron chi connectivity index (χ3n) is 5.28. The van der Waals surface area contributed by atoms with E-state index in [9.17, 15) is 4.79 Å². The summed E-state index contributed by atoms with van der Waals surface area (Å²) in [4.78, 5) is 17.0. The summed E-state index contributed by atoms with van der Waals surface area (Å²) < 4.78 is 5.31. The highest BCUT2D eigenvalue weighted by molar-refractivity contribution is 5.94. The van der Waals surface area contributed by atoms with Gasteiger partial charge in [0.15, 0.2) is 0 Å². The first-order chi connectivity index (χ1) is 13.7. The number of hydrogen-bond donors (Lipinski definition) is 1. The number of amides is 2. The number of rotatable bonds is 6. The Labute approximate surface area is 164 Å². The molecule has 1 aromatic heterocycles. The maximum Gasteiger partial charge on any atom is 0.325 e. The third kappa shape index (κ3) is 3.45. The van der Waals surface area contributed by atoms with Gasteiger partial charge in [-0.05, 0) is 41.8 Å². The van der Waals surface area contributed by atoms with E-state index in [2.05, 4.69) is 17.1 Å². The molecule has 2 amide bonds. The lowest BCUT2D eigenvalue weighted by Crippen LogP contribution is -2.34. The summed E-state index contributed by atoms with van der Waals surface area (Å²) in [7, 11) is 1.66. The number of benzene rings is 2. The summed E-state index contributed by atoms with van der Waals surface area (Å²) in [5.74, 6) is 0.809. The molecule has 144 valence electrons. The van der Waals surface area contributed by atoms with Gasteiger partial charge in [0, 0.05) is 30.5 Å². The molecule has 0 spiro atoms. The number of carbonyl (C=O) groups is 1. The second-order valence-corrected chi connectivity index (χ2v) is 6.97. The van der Waals surface area contributed by atoms with Crippen LogP contribution in [-0.2, 0) is 6.54 Å². The van der Waals surface area contributed by atoms with Crippen molar-refractivity contribution in [2.45, 2.75) is 25.9 Å². The number of aromatic nitrogens is 2. The van der Waals surface area contributed by atoms with Crippen LogP contribution in [0.2, 0.25) is 0 Å². The summed E-state index contributed by atoms with van der Waals surface area (Å²) in [6.07, 6.45) is 4.57. The average molecular weight is 376 g/mol. The molecule has 0 saturated carbocycles. The van der Waals surface area contributed by atoms with E-state index in [0.717, 1.165) is 34.5 Å². The summed E-state index contributed by atoms with van der Waals surface area (Å²) in [6, 6.07) is 16.2. The number of nitrogens with one attached hydrogen (secondary N) is 1. The Bertz CT molecular complexity index is 937. The first-order valence-corrected chi connectivity index (χ1v) is 9.50. The van der Waals surface area contributed by atoms with Crippen LogP contribution in [0.15, 0.2) is 60.9 Å². The monoisotopic (exact) mass is 376 g/mol. The number of ether oxygens (including phenoxy) is 1. The molecule has 2 heterocycles. The molecule has 4 rings (SSSR count). The van der Waals surface area contributed by atoms with Crippen LogP contribution in [-0.4, -0.2) is 40.8 Å². The van der Waals surface area contributed by atoms with Gasteiger partial charge in [0.1, 0.15) is 5.75 Å². The van der Waals surface area contributed by atoms with Gasteiger partial charge in [0.25, 0.3) is 0 Å². The normalized spacial score (nSPS) is 16.6. The fraction of sp³-hybridized carbons (Fsp3) is 0.273. The van der Waals surface area contributed by atoms with Crippen molar-refractivity contribution in [2.24, 2.45) is 0 Å². The van der Waals surface area contributed by atoms with Gasteiger partial charge < -0.3 is 9.64 Å². The average Bonchev–Trinajstić information content (AvgIpc) is 3.38. The summed E-state index contributed by atoms with van der Waals surface area (Å²) >= 11 is 0. The number of anilines is 1. The quantitative estimate of drug-likeness (QED) is 0.697. The lowest BCUT2D eigenvalue weighted by molar-refractivity contribution is 0.201. The third-order valence-corrected chi connectivity index (χ3v) is 5.28. The highest BCUT2D eigenvalue weighted by atomic mass is 16.5. The molecule has 0 aliphatic carbocycles. The van der Waals surface area contributed by atoms with Crippen molar-refractivity contribution >= 4 is 11.7 Å². The Morgan fingerprint density at radius 1 is 1.18 bits per heavy atom. The summed E-state index contributed by atoms with van der Waals surface area (Å²) in [5, 5.41) is 6.81. The molecule has 1 unspecified atom stereocenters. The summed E-state index contributed by atoms with van der Waals surface area (Å²) in [6.45, 7) is 3.41. The molecule has 1 fully saturated rings. The van der Waals surface area contributed by atoms with Gasteiger partial charge >= 0.3 is 6.03 Å². The Morgan fingerprint density at radius 2 is 2.00 bits per heavy atom. The Hall–Kier alpha value is -3.28. The van der Waals surface area contributed by atoms with E-state index in [0.29, 0.717) is 13.1 Å². The second-order valence-electron chi connectivity index (χ2n) is 6.97. The SMILES string of the molecule is CCC1CN(c2ccc(-c3cn[nH]c3)cc2)C(=O)N1Cc1cccc(OC)c1. The molecule has 1 saturated heterocycles. The van der Waals surface area contributed by atoms with Gasteiger partial charge in [-0.15, -0.1) is 0 Å². The molecule has 0 bridgehead atoms. The zero-order valence-corrected chi connectivity index (χ0v) is 16.1. The number of urea groups is 1. The van der Waals surface area contributed by atoms with Gasteiger partial charge in [-0.2, -0.15) is 5.10 Å². The van der Waals surface area contributed by atoms with Crippen molar-refractivity contribution in [2.75, 3.05) is 18.6 Å². The molecule has 6 heteroatoms. The number of carbonyl (C=O) groups excluding carboxylic acids is 1. The van der Waals surface area contributed by atoms with Crippen molar-refractivity contribution < 1.29 is 9.53 Å². The highest BCUT2D eigenvalue weighted by Gasteiger charge is 2.36. The lowest BCUT2D eigenvalue weighted by atomic mass is 10.1. The minimum absolute atomic E-state index is 0.0470. The fourth-order valence-corrected chi connectivity index (χ4v) is 3.67. The number of hydrogen-bond acceptors (Lipinski definition) is 3. The number of methoxy groups -OCH3 is 1. The van der Waals surface area contributed by atoms with E-state index >= 15 is 0 Å². The van der Waals surface area contributed by atoms with Gasteiger partial charge in [-0.1, -0.05) is 31.2 Å². The zero-order valence-electron chi connectivity index (χ0n) is 16.1. The molecular formula is C22H24N4O2. The fourth-order valence-electron chi connectivity index (χ4n) is 3.67. The van der Waals surface area contributed by atoms with E-state index in [1.807, 2.05) is 64.5 Å². The largest absolute Gasteiger partial charge is 0.497 e. The number of nitrogens with zero attached hydrogens (tertiary/aromatic N) is 3. The minimum Gasteiger partial charge on any atom is -0.497 e. The van der Waals surface area contributed by atoms with Crippen LogP contribution in [0, 0.1) is 0 Å². The van der Waals surface area contributed by atoms with Crippen molar-refractivity contribution in [1.82, 2.24) is 15.1 Å². The maximum absolute atomic E-state index is 13.2. The number of aromatic amines is 1. The molecule has 6 nitrogen and oxygen atoms in total. The highest BCUT2D eigenvalue weighted by Crippen LogP contribution is 2.29. The van der Waals surface area contributed by atoms with Gasteiger partial charge in [0.2, 0.25) is 0 Å². The molecule has 2 aromatic carbocycles. The van der Waals surface area contributed by atoms with Crippen LogP contribution in [0.1, 0.15) is 18.9 Å². The van der Waals surface area contributed by atoms with Crippen molar-refractivity contribution in [3.63, 3.8) is 0 Å². The minimum atomic E-state index is 0.0470. The van der Waals surface area contributed by atoms with Crippen LogP contribution in [0.3, 0.4) is 0 Å². The van der Waals surface area contributed by atoms with Gasteiger partial charge in [-0.3, -0.25) is 10.00 Å².